The van der Waals surface area contributed by atoms with Crippen LogP contribution in [0.15, 0.2) is 29.7 Å². The highest BCUT2D eigenvalue weighted by atomic mass is 32.2. The van der Waals surface area contributed by atoms with Crippen molar-refractivity contribution in [3.8, 4) is 0 Å². The number of hydrogen-bond acceptors (Lipinski definition) is 3. The fourth-order valence-electron chi connectivity index (χ4n) is 1.73. The maximum atomic E-state index is 13.6. The summed E-state index contributed by atoms with van der Waals surface area (Å²) in [6.45, 7) is 6.74. The number of carboxylic acids is 1. The zero-order chi connectivity index (χ0) is 15.5. The van der Waals surface area contributed by atoms with Crippen LogP contribution in [0.5, 0.6) is 0 Å². The lowest BCUT2D eigenvalue weighted by Crippen LogP contribution is -2.31. The Labute approximate surface area is 117 Å². The topological polar surface area (TPSA) is 74.7 Å². The van der Waals surface area contributed by atoms with Gasteiger partial charge in [-0.25, -0.2) is 17.6 Å². The number of likely N-dealkylation sites (N-methyl/N-ethyl adjacent to an activating group) is 1. The standard InChI is InChI=1S/C13H16FNO4S/c1-4-6-15(5-2)20(18,19)10-7-9(3)12(14)11(8-10)13(16)17/h4,7-8H,1,5-6H2,2-3H3,(H,16,17). The van der Waals surface area contributed by atoms with Crippen LogP contribution in [-0.4, -0.2) is 36.9 Å². The molecular formula is C13H16FNO4S. The second-order valence-electron chi connectivity index (χ2n) is 4.15. The van der Waals surface area contributed by atoms with Gasteiger partial charge in [-0.1, -0.05) is 13.0 Å². The van der Waals surface area contributed by atoms with Gasteiger partial charge in [-0.2, -0.15) is 4.31 Å². The zero-order valence-corrected chi connectivity index (χ0v) is 12.1. The van der Waals surface area contributed by atoms with E-state index in [-0.39, 0.29) is 23.5 Å². The summed E-state index contributed by atoms with van der Waals surface area (Å²) in [5.74, 6) is -2.43. The number of nitrogens with zero attached hydrogens (tertiary/aromatic N) is 1. The molecular weight excluding hydrogens is 285 g/mol. The van der Waals surface area contributed by atoms with Gasteiger partial charge in [0.15, 0.2) is 0 Å². The number of rotatable bonds is 6. The minimum absolute atomic E-state index is 0.0295. The average molecular weight is 301 g/mol. The summed E-state index contributed by atoms with van der Waals surface area (Å²) in [4.78, 5) is 10.7. The van der Waals surface area contributed by atoms with Gasteiger partial charge in [0.2, 0.25) is 10.0 Å². The highest BCUT2D eigenvalue weighted by Gasteiger charge is 2.25. The van der Waals surface area contributed by atoms with Gasteiger partial charge < -0.3 is 5.11 Å². The number of aryl methyl sites for hydroxylation is 1. The molecule has 0 amide bonds. The molecule has 110 valence electrons. The molecule has 0 aliphatic rings. The van der Waals surface area contributed by atoms with Crippen molar-refractivity contribution in [2.45, 2.75) is 18.7 Å². The molecule has 0 unspecified atom stereocenters. The third-order valence-corrected chi connectivity index (χ3v) is 4.70. The summed E-state index contributed by atoms with van der Waals surface area (Å²) in [6.07, 6.45) is 1.43. The molecule has 20 heavy (non-hydrogen) atoms. The lowest BCUT2D eigenvalue weighted by Gasteiger charge is -2.19. The Bertz CT molecular complexity index is 640. The molecule has 1 rings (SSSR count). The lowest BCUT2D eigenvalue weighted by molar-refractivity contribution is 0.0691. The van der Waals surface area contributed by atoms with E-state index in [0.717, 1.165) is 16.4 Å². The monoisotopic (exact) mass is 301 g/mol. The number of benzene rings is 1. The van der Waals surface area contributed by atoms with E-state index in [1.807, 2.05) is 0 Å². The van der Waals surface area contributed by atoms with Crippen LogP contribution in [0, 0.1) is 12.7 Å². The quantitative estimate of drug-likeness (QED) is 0.816. The van der Waals surface area contributed by atoms with Crippen LogP contribution in [0.3, 0.4) is 0 Å². The number of hydrogen-bond donors (Lipinski definition) is 1. The number of halogens is 1. The maximum absolute atomic E-state index is 13.6. The molecule has 0 aromatic heterocycles. The predicted octanol–water partition coefficient (Wildman–Crippen LogP) is 2.03. The normalized spacial score (nSPS) is 11.6. The van der Waals surface area contributed by atoms with E-state index in [4.69, 9.17) is 5.11 Å². The molecule has 0 aliphatic carbocycles. The highest BCUT2D eigenvalue weighted by molar-refractivity contribution is 7.89. The fourth-order valence-corrected chi connectivity index (χ4v) is 3.26. The number of sulfonamides is 1. The summed E-state index contributed by atoms with van der Waals surface area (Å²) in [5, 5.41) is 8.91. The molecule has 0 radical (unpaired) electrons. The third-order valence-electron chi connectivity index (χ3n) is 2.78. The molecule has 0 aliphatic heterocycles. The van der Waals surface area contributed by atoms with Gasteiger partial charge in [0.1, 0.15) is 5.82 Å². The van der Waals surface area contributed by atoms with Crippen molar-refractivity contribution in [3.05, 3.63) is 41.7 Å². The van der Waals surface area contributed by atoms with E-state index in [1.165, 1.54) is 13.0 Å². The number of carboxylic acid groups (broad SMARTS) is 1. The first-order valence-corrected chi connectivity index (χ1v) is 7.34. The first kappa shape index (κ1) is 16.3. The minimum Gasteiger partial charge on any atom is -0.478 e. The van der Waals surface area contributed by atoms with Gasteiger partial charge in [-0.15, -0.1) is 6.58 Å². The summed E-state index contributed by atoms with van der Waals surface area (Å²) < 4.78 is 39.5. The average Bonchev–Trinajstić information content (AvgIpc) is 2.38. The van der Waals surface area contributed by atoms with Crippen molar-refractivity contribution < 1.29 is 22.7 Å². The van der Waals surface area contributed by atoms with Crippen LogP contribution < -0.4 is 0 Å². The van der Waals surface area contributed by atoms with Gasteiger partial charge in [0.25, 0.3) is 0 Å². The molecule has 0 atom stereocenters. The molecule has 0 fully saturated rings. The molecule has 1 aromatic rings. The summed E-state index contributed by atoms with van der Waals surface area (Å²) >= 11 is 0. The van der Waals surface area contributed by atoms with E-state index >= 15 is 0 Å². The van der Waals surface area contributed by atoms with Crippen LogP contribution in [0.1, 0.15) is 22.8 Å². The van der Waals surface area contributed by atoms with E-state index in [2.05, 4.69) is 6.58 Å². The first-order chi connectivity index (χ1) is 9.25. The smallest absolute Gasteiger partial charge is 0.338 e. The van der Waals surface area contributed by atoms with Crippen LogP contribution in [0.2, 0.25) is 0 Å². The van der Waals surface area contributed by atoms with Crippen molar-refractivity contribution in [3.63, 3.8) is 0 Å². The van der Waals surface area contributed by atoms with E-state index < -0.39 is 27.4 Å². The van der Waals surface area contributed by atoms with Gasteiger partial charge in [0, 0.05) is 13.1 Å². The van der Waals surface area contributed by atoms with Gasteiger partial charge in [-0.3, -0.25) is 0 Å². The second-order valence-corrected chi connectivity index (χ2v) is 6.09. The third kappa shape index (κ3) is 3.05. The van der Waals surface area contributed by atoms with E-state index in [9.17, 15) is 17.6 Å². The van der Waals surface area contributed by atoms with Crippen molar-refractivity contribution >= 4 is 16.0 Å². The van der Waals surface area contributed by atoms with Crippen molar-refractivity contribution in [2.75, 3.05) is 13.1 Å². The Morgan fingerprint density at radius 1 is 1.50 bits per heavy atom. The molecule has 1 N–H and O–H groups in total. The summed E-state index contributed by atoms with van der Waals surface area (Å²) in [6, 6.07) is 1.97. The molecule has 0 saturated carbocycles. The SMILES string of the molecule is C=CCN(CC)S(=O)(=O)c1cc(C)c(F)c(C(=O)O)c1. The maximum Gasteiger partial charge on any atom is 0.338 e. The van der Waals surface area contributed by atoms with Crippen molar-refractivity contribution in [1.82, 2.24) is 4.31 Å². The van der Waals surface area contributed by atoms with Crippen molar-refractivity contribution in [2.24, 2.45) is 0 Å². The second kappa shape index (κ2) is 6.15. The Balaban J connectivity index is 3.46. The Hall–Kier alpha value is -1.73. The van der Waals surface area contributed by atoms with Crippen LogP contribution in [-0.2, 0) is 10.0 Å². The van der Waals surface area contributed by atoms with Crippen LogP contribution >= 0.6 is 0 Å². The lowest BCUT2D eigenvalue weighted by atomic mass is 10.1. The molecule has 0 spiro atoms. The molecule has 0 bridgehead atoms. The number of aromatic carboxylic acids is 1. The molecule has 1 aromatic carbocycles. The Kier molecular flexibility index (Phi) is 5.02. The van der Waals surface area contributed by atoms with Gasteiger partial charge in [-0.05, 0) is 24.6 Å². The van der Waals surface area contributed by atoms with E-state index in [0.29, 0.717) is 0 Å². The van der Waals surface area contributed by atoms with Crippen molar-refractivity contribution in [1.29, 1.82) is 0 Å². The molecule has 0 heterocycles. The van der Waals surface area contributed by atoms with Gasteiger partial charge in [0.05, 0.1) is 10.5 Å². The van der Waals surface area contributed by atoms with Gasteiger partial charge >= 0.3 is 5.97 Å². The first-order valence-electron chi connectivity index (χ1n) is 5.90. The fraction of sp³-hybridized carbons (Fsp3) is 0.308. The summed E-state index contributed by atoms with van der Waals surface area (Å²) in [5.41, 5.74) is -0.684. The molecule has 5 nitrogen and oxygen atoms in total. The number of carbonyl (C=O) groups is 1. The van der Waals surface area contributed by atoms with E-state index in [1.54, 1.807) is 6.92 Å². The Morgan fingerprint density at radius 3 is 2.55 bits per heavy atom. The highest BCUT2D eigenvalue weighted by Crippen LogP contribution is 2.22. The van der Waals surface area contributed by atoms with Crippen LogP contribution in [0.4, 0.5) is 4.39 Å². The predicted molar refractivity (Wildman–Crippen MR) is 72.7 cm³/mol. The zero-order valence-electron chi connectivity index (χ0n) is 11.3. The molecule has 7 heteroatoms. The molecule has 0 saturated heterocycles. The minimum atomic E-state index is -3.88. The van der Waals surface area contributed by atoms with Crippen LogP contribution in [0.25, 0.3) is 0 Å². The largest absolute Gasteiger partial charge is 0.478 e. The Morgan fingerprint density at radius 2 is 2.10 bits per heavy atom. The summed E-state index contributed by atoms with van der Waals surface area (Å²) in [7, 11) is -3.88.